The van der Waals surface area contributed by atoms with Crippen molar-refractivity contribution >= 4 is 17.4 Å². The largest absolute Gasteiger partial charge is 0.361 e. The third kappa shape index (κ3) is 3.52. The molecule has 6 heteroatoms. The Kier molecular flexibility index (Phi) is 4.94. The van der Waals surface area contributed by atoms with Crippen LogP contribution in [0.5, 0.6) is 0 Å². The Hall–Kier alpha value is -2.19. The summed E-state index contributed by atoms with van der Waals surface area (Å²) in [6, 6.07) is 8.51. The Balaban J connectivity index is 2.35. The van der Waals surface area contributed by atoms with Crippen molar-refractivity contribution in [2.24, 2.45) is 5.92 Å². The molecule has 0 spiro atoms. The minimum Gasteiger partial charge on any atom is -0.361 e. The van der Waals surface area contributed by atoms with Gasteiger partial charge in [0.15, 0.2) is 11.6 Å². The van der Waals surface area contributed by atoms with E-state index >= 15 is 0 Å². The minimum atomic E-state index is -0.659. The number of halogens is 3. The van der Waals surface area contributed by atoms with Crippen LogP contribution in [0.1, 0.15) is 31.0 Å². The van der Waals surface area contributed by atoms with E-state index in [1.807, 2.05) is 13.8 Å². The van der Waals surface area contributed by atoms with Gasteiger partial charge in [-0.05, 0) is 29.7 Å². The van der Waals surface area contributed by atoms with Gasteiger partial charge in [-0.25, -0.2) is 13.8 Å². The molecule has 0 amide bonds. The second-order valence-corrected chi connectivity index (χ2v) is 5.54. The molecule has 0 bridgehead atoms. The minimum absolute atomic E-state index is 0.0207. The summed E-state index contributed by atoms with van der Waals surface area (Å²) in [5.74, 6) is -0.932. The molecule has 1 aromatic carbocycles. The number of benzene rings is 1. The first-order chi connectivity index (χ1) is 10.4. The maximum Gasteiger partial charge on any atom is 0.166 e. The molecule has 0 aliphatic carbocycles. The molecule has 0 radical (unpaired) electrons. The van der Waals surface area contributed by atoms with Crippen LogP contribution in [0.4, 0.5) is 14.6 Å². The van der Waals surface area contributed by atoms with Gasteiger partial charge >= 0.3 is 0 Å². The highest BCUT2D eigenvalue weighted by molar-refractivity contribution is 6.30. The molecular formula is C16H14ClF2N3. The van der Waals surface area contributed by atoms with E-state index < -0.39 is 5.82 Å². The Morgan fingerprint density at radius 2 is 1.86 bits per heavy atom. The molecule has 1 heterocycles. The van der Waals surface area contributed by atoms with Gasteiger partial charge in [0.2, 0.25) is 0 Å². The van der Waals surface area contributed by atoms with Gasteiger partial charge in [-0.3, -0.25) is 0 Å². The Bertz CT molecular complexity index is 709. The lowest BCUT2D eigenvalue weighted by Crippen LogP contribution is -2.18. The Morgan fingerprint density at radius 3 is 2.41 bits per heavy atom. The maximum absolute atomic E-state index is 14.0. The highest BCUT2D eigenvalue weighted by Crippen LogP contribution is 2.28. The lowest BCUT2D eigenvalue weighted by atomic mass is 9.96. The average Bonchev–Trinajstić information content (AvgIpc) is 2.48. The van der Waals surface area contributed by atoms with Gasteiger partial charge in [-0.1, -0.05) is 37.6 Å². The molecule has 1 atom stereocenters. The third-order valence-corrected chi connectivity index (χ3v) is 3.53. The Morgan fingerprint density at radius 1 is 1.23 bits per heavy atom. The van der Waals surface area contributed by atoms with E-state index in [1.54, 1.807) is 18.2 Å². The molecule has 114 valence electrons. The van der Waals surface area contributed by atoms with Gasteiger partial charge in [0, 0.05) is 0 Å². The monoisotopic (exact) mass is 321 g/mol. The second-order valence-electron chi connectivity index (χ2n) is 5.19. The summed E-state index contributed by atoms with van der Waals surface area (Å²) in [6.07, 6.45) is 0. The molecular weight excluding hydrogens is 308 g/mol. The lowest BCUT2D eigenvalue weighted by molar-refractivity contribution is 0.535. The first-order valence-electron chi connectivity index (χ1n) is 6.70. The predicted molar refractivity (Wildman–Crippen MR) is 81.5 cm³/mol. The standard InChI is InChI=1S/C16H14ClF2N3/c1-9(2)14(10-3-5-12(18)6-4-10)21-16-13(19)7-11(8-20)15(17)22-16/h3-7,9,14H,1-2H3,(H,21,22)/t14-/m0/s1. The number of nitrogens with one attached hydrogen (secondary N) is 1. The topological polar surface area (TPSA) is 48.7 Å². The van der Waals surface area contributed by atoms with Crippen LogP contribution in [-0.4, -0.2) is 4.98 Å². The normalized spacial score (nSPS) is 12.0. The van der Waals surface area contributed by atoms with Crippen molar-refractivity contribution in [2.75, 3.05) is 5.32 Å². The van der Waals surface area contributed by atoms with Crippen molar-refractivity contribution in [1.29, 1.82) is 5.26 Å². The zero-order valence-electron chi connectivity index (χ0n) is 12.1. The molecule has 2 rings (SSSR count). The zero-order valence-corrected chi connectivity index (χ0v) is 12.8. The van der Waals surface area contributed by atoms with E-state index in [9.17, 15) is 8.78 Å². The maximum atomic E-state index is 14.0. The van der Waals surface area contributed by atoms with Gasteiger partial charge in [-0.15, -0.1) is 0 Å². The smallest absolute Gasteiger partial charge is 0.166 e. The SMILES string of the molecule is CC(C)[C@H](Nc1nc(Cl)c(C#N)cc1F)c1ccc(F)cc1. The van der Waals surface area contributed by atoms with Gasteiger partial charge in [0.05, 0.1) is 11.6 Å². The van der Waals surface area contributed by atoms with Gasteiger partial charge in [0.1, 0.15) is 17.0 Å². The summed E-state index contributed by atoms with van der Waals surface area (Å²) in [7, 11) is 0. The summed E-state index contributed by atoms with van der Waals surface area (Å²) in [6.45, 7) is 3.90. The number of aromatic nitrogens is 1. The molecule has 22 heavy (non-hydrogen) atoms. The average molecular weight is 322 g/mol. The lowest BCUT2D eigenvalue weighted by Gasteiger charge is -2.24. The molecule has 3 nitrogen and oxygen atoms in total. The van der Waals surface area contributed by atoms with Crippen LogP contribution < -0.4 is 5.32 Å². The number of hydrogen-bond donors (Lipinski definition) is 1. The molecule has 0 saturated carbocycles. The fourth-order valence-corrected chi connectivity index (χ4v) is 2.28. The highest BCUT2D eigenvalue weighted by atomic mass is 35.5. The van der Waals surface area contributed by atoms with Crippen molar-refractivity contribution in [3.63, 3.8) is 0 Å². The zero-order chi connectivity index (χ0) is 16.3. The predicted octanol–water partition coefficient (Wildman–Crippen LogP) is 4.69. The van der Waals surface area contributed by atoms with Crippen LogP contribution in [0.25, 0.3) is 0 Å². The summed E-state index contributed by atoms with van der Waals surface area (Å²) in [5.41, 5.74) is 0.783. The van der Waals surface area contributed by atoms with Crippen LogP contribution in [0.2, 0.25) is 5.15 Å². The number of nitriles is 1. The number of anilines is 1. The van der Waals surface area contributed by atoms with Gasteiger partial charge in [0.25, 0.3) is 0 Å². The van der Waals surface area contributed by atoms with Crippen LogP contribution in [0, 0.1) is 28.9 Å². The molecule has 1 N–H and O–H groups in total. The summed E-state index contributed by atoms with van der Waals surface area (Å²) < 4.78 is 27.1. The highest BCUT2D eigenvalue weighted by Gasteiger charge is 2.19. The number of nitrogens with zero attached hydrogens (tertiary/aromatic N) is 2. The molecule has 0 unspecified atom stereocenters. The van der Waals surface area contributed by atoms with Crippen LogP contribution in [0.15, 0.2) is 30.3 Å². The molecule has 0 aliphatic heterocycles. The fraction of sp³-hybridized carbons (Fsp3) is 0.250. The molecule has 0 aliphatic rings. The quantitative estimate of drug-likeness (QED) is 0.831. The van der Waals surface area contributed by atoms with Crippen LogP contribution in [0.3, 0.4) is 0 Å². The second kappa shape index (κ2) is 6.71. The summed E-state index contributed by atoms with van der Waals surface area (Å²) >= 11 is 5.84. The van der Waals surface area contributed by atoms with Crippen LogP contribution >= 0.6 is 11.6 Å². The van der Waals surface area contributed by atoms with E-state index in [0.717, 1.165) is 11.6 Å². The van der Waals surface area contributed by atoms with Gasteiger partial charge in [-0.2, -0.15) is 5.26 Å². The number of pyridine rings is 1. The third-order valence-electron chi connectivity index (χ3n) is 3.24. The van der Waals surface area contributed by atoms with E-state index in [0.29, 0.717) is 0 Å². The Labute approximate surface area is 132 Å². The summed E-state index contributed by atoms with van der Waals surface area (Å²) in [4.78, 5) is 3.89. The first-order valence-corrected chi connectivity index (χ1v) is 7.08. The van der Waals surface area contributed by atoms with E-state index in [2.05, 4.69) is 10.3 Å². The summed E-state index contributed by atoms with van der Waals surface area (Å²) in [5, 5.41) is 11.7. The number of rotatable bonds is 4. The molecule has 0 saturated heterocycles. The number of hydrogen-bond acceptors (Lipinski definition) is 3. The van der Waals surface area contributed by atoms with Gasteiger partial charge < -0.3 is 5.32 Å². The molecule has 0 fully saturated rings. The van der Waals surface area contributed by atoms with Crippen molar-refractivity contribution in [1.82, 2.24) is 4.98 Å². The van der Waals surface area contributed by atoms with E-state index in [-0.39, 0.29) is 34.3 Å². The van der Waals surface area contributed by atoms with E-state index in [1.165, 1.54) is 12.1 Å². The van der Waals surface area contributed by atoms with Crippen molar-refractivity contribution < 1.29 is 8.78 Å². The first kappa shape index (κ1) is 16.2. The van der Waals surface area contributed by atoms with Crippen LogP contribution in [-0.2, 0) is 0 Å². The van der Waals surface area contributed by atoms with E-state index in [4.69, 9.17) is 16.9 Å². The van der Waals surface area contributed by atoms with Crippen molar-refractivity contribution in [3.8, 4) is 6.07 Å². The van der Waals surface area contributed by atoms with Crippen molar-refractivity contribution in [3.05, 3.63) is 58.2 Å². The van der Waals surface area contributed by atoms with Crippen molar-refractivity contribution in [2.45, 2.75) is 19.9 Å². The fourth-order valence-electron chi connectivity index (χ4n) is 2.10. The molecule has 2 aromatic rings. The molecule has 1 aromatic heterocycles.